The van der Waals surface area contributed by atoms with Crippen molar-refractivity contribution in [3.8, 4) is 5.75 Å². The number of benzene rings is 1. The van der Waals surface area contributed by atoms with Gasteiger partial charge < -0.3 is 13.9 Å². The van der Waals surface area contributed by atoms with Crippen LogP contribution in [0.4, 0.5) is 0 Å². The van der Waals surface area contributed by atoms with Crippen molar-refractivity contribution in [1.29, 1.82) is 0 Å². The Morgan fingerprint density at radius 3 is 2.71 bits per heavy atom. The van der Waals surface area contributed by atoms with E-state index in [1.807, 2.05) is 0 Å². The number of ether oxygens (including phenoxy) is 2. The fraction of sp³-hybridized carbons (Fsp3) is 0.444. The monoisotopic (exact) mass is 352 g/mol. The summed E-state index contributed by atoms with van der Waals surface area (Å²) in [6, 6.07) is 4.74. The summed E-state index contributed by atoms with van der Waals surface area (Å²) in [6.07, 6.45) is 2.55. The third kappa shape index (κ3) is 4.74. The number of unbranched alkanes of at least 4 members (excludes halogenated alkanes) is 1. The molecule has 0 aliphatic heterocycles. The Kier molecular flexibility index (Phi) is 6.26. The first-order valence-electron chi connectivity index (χ1n) is 7.99. The van der Waals surface area contributed by atoms with Gasteiger partial charge in [-0.2, -0.15) is 0 Å². The second-order valence-electron chi connectivity index (χ2n) is 5.80. The Morgan fingerprint density at radius 1 is 1.29 bits per heavy atom. The number of aryl methyl sites for hydroxylation is 1. The number of hydrogen-bond acceptors (Lipinski definition) is 5. The summed E-state index contributed by atoms with van der Waals surface area (Å²) in [5, 5.41) is 1.14. The lowest BCUT2D eigenvalue weighted by atomic mass is 10.0. The summed E-state index contributed by atoms with van der Waals surface area (Å²) < 4.78 is 15.6. The van der Waals surface area contributed by atoms with Crippen LogP contribution >= 0.6 is 11.6 Å². The normalized spacial score (nSPS) is 11.0. The van der Waals surface area contributed by atoms with Crippen molar-refractivity contribution >= 4 is 28.5 Å². The minimum atomic E-state index is -0.487. The van der Waals surface area contributed by atoms with E-state index in [0.717, 1.165) is 30.2 Å². The molecule has 0 bridgehead atoms. The molecule has 6 heteroatoms. The number of halogens is 1. The van der Waals surface area contributed by atoms with Crippen molar-refractivity contribution in [2.75, 3.05) is 6.61 Å². The van der Waals surface area contributed by atoms with Gasteiger partial charge in [-0.3, -0.25) is 0 Å². The van der Waals surface area contributed by atoms with Gasteiger partial charge in [-0.25, -0.2) is 9.59 Å². The van der Waals surface area contributed by atoms with Crippen LogP contribution in [0.5, 0.6) is 5.75 Å². The molecule has 0 atom stereocenters. The molecule has 2 aromatic rings. The van der Waals surface area contributed by atoms with E-state index in [9.17, 15) is 9.59 Å². The predicted molar refractivity (Wildman–Crippen MR) is 92.8 cm³/mol. The van der Waals surface area contributed by atoms with Crippen LogP contribution in [-0.2, 0) is 16.0 Å². The van der Waals surface area contributed by atoms with E-state index in [2.05, 4.69) is 6.92 Å². The fourth-order valence-electron chi connectivity index (χ4n) is 2.35. The molecule has 0 radical (unpaired) electrons. The number of esters is 1. The van der Waals surface area contributed by atoms with Gasteiger partial charge in [0.25, 0.3) is 0 Å². The molecule has 0 unspecified atom stereocenters. The van der Waals surface area contributed by atoms with Crippen molar-refractivity contribution in [3.63, 3.8) is 0 Å². The van der Waals surface area contributed by atoms with Crippen LogP contribution in [0.1, 0.15) is 39.2 Å². The maximum absolute atomic E-state index is 11.7. The van der Waals surface area contributed by atoms with Crippen LogP contribution in [0.15, 0.2) is 27.4 Å². The van der Waals surface area contributed by atoms with Crippen molar-refractivity contribution in [2.24, 2.45) is 0 Å². The highest BCUT2D eigenvalue weighted by Crippen LogP contribution is 2.31. The Labute approximate surface area is 145 Å². The zero-order chi connectivity index (χ0) is 17.7. The Balaban J connectivity index is 2.28. The second kappa shape index (κ2) is 8.20. The Bertz CT molecular complexity index is 779. The first kappa shape index (κ1) is 18.3. The molecule has 5 nitrogen and oxygen atoms in total. The summed E-state index contributed by atoms with van der Waals surface area (Å²) in [5.74, 6) is -0.208. The average Bonchev–Trinajstić information content (AvgIpc) is 2.50. The minimum Gasteiger partial charge on any atom is -0.480 e. The van der Waals surface area contributed by atoms with Gasteiger partial charge in [0.2, 0.25) is 0 Å². The number of carbonyl (C=O) groups is 1. The van der Waals surface area contributed by atoms with Gasteiger partial charge in [0, 0.05) is 17.5 Å². The third-order valence-electron chi connectivity index (χ3n) is 3.40. The highest BCUT2D eigenvalue weighted by molar-refractivity contribution is 6.32. The van der Waals surface area contributed by atoms with Gasteiger partial charge in [0.1, 0.15) is 11.3 Å². The van der Waals surface area contributed by atoms with Gasteiger partial charge in [0.15, 0.2) is 6.61 Å². The van der Waals surface area contributed by atoms with E-state index in [1.54, 1.807) is 19.9 Å². The number of rotatable bonds is 7. The molecule has 0 fully saturated rings. The second-order valence-corrected chi connectivity index (χ2v) is 6.21. The highest BCUT2D eigenvalue weighted by atomic mass is 35.5. The fourth-order valence-corrected chi connectivity index (χ4v) is 2.56. The smallest absolute Gasteiger partial charge is 0.344 e. The van der Waals surface area contributed by atoms with Gasteiger partial charge in [0.05, 0.1) is 11.1 Å². The molecule has 0 spiro atoms. The number of carbonyl (C=O) groups excluding carboxylic acids is 1. The van der Waals surface area contributed by atoms with Gasteiger partial charge >= 0.3 is 11.6 Å². The van der Waals surface area contributed by atoms with Crippen LogP contribution in [0.2, 0.25) is 5.02 Å². The van der Waals surface area contributed by atoms with Gasteiger partial charge in [-0.05, 0) is 38.3 Å². The third-order valence-corrected chi connectivity index (χ3v) is 3.69. The first-order chi connectivity index (χ1) is 11.4. The highest BCUT2D eigenvalue weighted by Gasteiger charge is 2.13. The first-order valence-corrected chi connectivity index (χ1v) is 8.37. The maximum Gasteiger partial charge on any atom is 0.344 e. The van der Waals surface area contributed by atoms with E-state index in [4.69, 9.17) is 25.5 Å². The summed E-state index contributed by atoms with van der Waals surface area (Å²) in [7, 11) is 0. The zero-order valence-corrected chi connectivity index (χ0v) is 14.8. The minimum absolute atomic E-state index is 0.215. The summed E-state index contributed by atoms with van der Waals surface area (Å²) in [5.41, 5.74) is 0.877. The Hall–Kier alpha value is -2.01. The summed E-state index contributed by atoms with van der Waals surface area (Å²) in [6.45, 7) is 5.34. The molecule has 1 heterocycles. The van der Waals surface area contributed by atoms with Crippen LogP contribution < -0.4 is 10.4 Å². The molecule has 2 rings (SSSR count). The van der Waals surface area contributed by atoms with Crippen molar-refractivity contribution in [2.45, 2.75) is 46.1 Å². The molecule has 0 aliphatic carbocycles. The number of fused-ring (bicyclic) bond motifs is 1. The predicted octanol–water partition coefficient (Wildman–Crippen LogP) is 4.12. The largest absolute Gasteiger partial charge is 0.480 e. The lowest BCUT2D eigenvalue weighted by Crippen LogP contribution is -2.18. The molecule has 24 heavy (non-hydrogen) atoms. The summed E-state index contributed by atoms with van der Waals surface area (Å²) in [4.78, 5) is 23.3. The molecule has 0 saturated heterocycles. The van der Waals surface area contributed by atoms with E-state index in [1.165, 1.54) is 12.1 Å². The molecule has 130 valence electrons. The van der Waals surface area contributed by atoms with Crippen LogP contribution in [0, 0.1) is 0 Å². The van der Waals surface area contributed by atoms with Crippen LogP contribution in [0.25, 0.3) is 11.0 Å². The topological polar surface area (TPSA) is 65.7 Å². The molecular formula is C18H21ClO5. The standard InChI is InChI=1S/C18H21ClO5/c1-4-5-6-12-7-17(20)24-15-9-16(14(19)8-13(12)15)22-10-18(21)23-11(2)3/h7-9,11H,4-6,10H2,1-3H3. The van der Waals surface area contributed by atoms with Crippen molar-refractivity contribution in [3.05, 3.63) is 39.2 Å². The lowest BCUT2D eigenvalue weighted by molar-refractivity contribution is -0.149. The molecule has 0 aliphatic rings. The van der Waals surface area contributed by atoms with E-state index >= 15 is 0 Å². The van der Waals surface area contributed by atoms with Gasteiger partial charge in [-0.15, -0.1) is 0 Å². The van der Waals surface area contributed by atoms with E-state index in [-0.39, 0.29) is 18.5 Å². The van der Waals surface area contributed by atoms with Crippen LogP contribution in [-0.4, -0.2) is 18.7 Å². The molecule has 1 aromatic heterocycles. The van der Waals surface area contributed by atoms with Gasteiger partial charge in [-0.1, -0.05) is 24.9 Å². The van der Waals surface area contributed by atoms with Crippen LogP contribution in [0.3, 0.4) is 0 Å². The lowest BCUT2D eigenvalue weighted by Gasteiger charge is -2.12. The number of hydrogen-bond donors (Lipinski definition) is 0. The quantitative estimate of drug-likeness (QED) is 0.554. The molecule has 0 N–H and O–H groups in total. The zero-order valence-electron chi connectivity index (χ0n) is 14.1. The van der Waals surface area contributed by atoms with Crippen molar-refractivity contribution in [1.82, 2.24) is 0 Å². The van der Waals surface area contributed by atoms with E-state index < -0.39 is 11.6 Å². The SMILES string of the molecule is CCCCc1cc(=O)oc2cc(OCC(=O)OC(C)C)c(Cl)cc12. The molecular weight excluding hydrogens is 332 g/mol. The Morgan fingerprint density at radius 2 is 2.04 bits per heavy atom. The summed E-state index contributed by atoms with van der Waals surface area (Å²) >= 11 is 6.24. The molecule has 0 saturated carbocycles. The maximum atomic E-state index is 11.7. The average molecular weight is 353 g/mol. The van der Waals surface area contributed by atoms with Crippen molar-refractivity contribution < 1.29 is 18.7 Å². The van der Waals surface area contributed by atoms with E-state index in [0.29, 0.717) is 10.6 Å². The molecule has 1 aromatic carbocycles. The molecule has 0 amide bonds.